The quantitative estimate of drug-likeness (QED) is 0.794. The van der Waals surface area contributed by atoms with Gasteiger partial charge in [-0.2, -0.15) is 0 Å². The van der Waals surface area contributed by atoms with Crippen molar-refractivity contribution in [2.45, 2.75) is 19.8 Å². The zero-order valence-corrected chi connectivity index (χ0v) is 18.1. The van der Waals surface area contributed by atoms with Gasteiger partial charge in [-0.25, -0.2) is 0 Å². The number of ether oxygens (including phenoxy) is 1. The molecule has 2 aromatic rings. The fraction of sp³-hybridized carbons (Fsp3) is 0.458. The lowest BCUT2D eigenvalue weighted by molar-refractivity contribution is -0.117. The lowest BCUT2D eigenvalue weighted by Gasteiger charge is -2.35. The molecule has 2 heterocycles. The normalized spacial score (nSPS) is 17.3. The van der Waals surface area contributed by atoms with Gasteiger partial charge in [-0.05, 0) is 55.7 Å². The maximum Gasteiger partial charge on any atom is 0.238 e. The molecule has 0 aromatic heterocycles. The van der Waals surface area contributed by atoms with E-state index in [2.05, 4.69) is 51.2 Å². The summed E-state index contributed by atoms with van der Waals surface area (Å²) in [7, 11) is 1.69. The van der Waals surface area contributed by atoms with E-state index in [0.29, 0.717) is 6.54 Å². The summed E-state index contributed by atoms with van der Waals surface area (Å²) < 4.78 is 5.33. The van der Waals surface area contributed by atoms with Crippen LogP contribution >= 0.6 is 0 Å². The molecule has 0 saturated carbocycles. The van der Waals surface area contributed by atoms with E-state index in [-0.39, 0.29) is 5.91 Å². The van der Waals surface area contributed by atoms with Crippen LogP contribution in [0.25, 0.3) is 0 Å². The average Bonchev–Trinajstić information content (AvgIpc) is 3.31. The van der Waals surface area contributed by atoms with Crippen LogP contribution in [0.4, 0.5) is 17.1 Å². The molecule has 1 amide bonds. The molecule has 2 aromatic carbocycles. The number of aryl methyl sites for hydroxylation is 1. The number of hydrogen-bond donors (Lipinski definition) is 1. The second-order valence-corrected chi connectivity index (χ2v) is 8.21. The number of hydrogen-bond acceptors (Lipinski definition) is 5. The lowest BCUT2D eigenvalue weighted by atomic mass is 10.1. The molecule has 0 radical (unpaired) electrons. The van der Waals surface area contributed by atoms with Crippen LogP contribution in [-0.2, 0) is 4.79 Å². The van der Waals surface area contributed by atoms with Gasteiger partial charge in [0.15, 0.2) is 0 Å². The Labute approximate surface area is 179 Å². The first kappa shape index (κ1) is 20.5. The van der Waals surface area contributed by atoms with Gasteiger partial charge in [0.05, 0.1) is 13.7 Å². The van der Waals surface area contributed by atoms with Crippen LogP contribution < -0.4 is 19.9 Å². The van der Waals surface area contributed by atoms with Crippen LogP contribution in [0.1, 0.15) is 18.4 Å². The molecule has 6 nitrogen and oxygen atoms in total. The van der Waals surface area contributed by atoms with Gasteiger partial charge in [0, 0.05) is 62.4 Å². The summed E-state index contributed by atoms with van der Waals surface area (Å²) in [6.45, 7) is 8.32. The van der Waals surface area contributed by atoms with Crippen molar-refractivity contribution in [1.29, 1.82) is 0 Å². The molecule has 1 N–H and O–H groups in total. The number of nitrogens with zero attached hydrogens (tertiary/aromatic N) is 3. The summed E-state index contributed by atoms with van der Waals surface area (Å²) in [5.74, 6) is 0.933. The fourth-order valence-corrected chi connectivity index (χ4v) is 4.32. The molecular weight excluding hydrogens is 376 g/mol. The second kappa shape index (κ2) is 9.39. The Morgan fingerprint density at radius 2 is 1.63 bits per heavy atom. The third-order valence-electron chi connectivity index (χ3n) is 6.11. The molecule has 2 fully saturated rings. The predicted octanol–water partition coefficient (Wildman–Crippen LogP) is 3.36. The zero-order chi connectivity index (χ0) is 20.9. The molecular formula is C24H32N4O2. The topological polar surface area (TPSA) is 48.1 Å². The van der Waals surface area contributed by atoms with Crippen LogP contribution in [-0.4, -0.2) is 63.7 Å². The molecule has 160 valence electrons. The molecule has 0 aliphatic carbocycles. The Hall–Kier alpha value is -2.73. The molecule has 2 aliphatic heterocycles. The minimum Gasteiger partial charge on any atom is -0.497 e. The van der Waals surface area contributed by atoms with Crippen molar-refractivity contribution >= 4 is 23.0 Å². The van der Waals surface area contributed by atoms with E-state index in [0.717, 1.165) is 56.3 Å². The standard InChI is InChI=1S/C24H32N4O2/c1-19-16-21(27-10-3-4-11-27)8-9-23(19)25-24(29)18-26-12-14-28(15-13-26)20-6-5-7-22(17-20)30-2/h5-9,16-17H,3-4,10-15,18H2,1-2H3,(H,25,29). The maximum atomic E-state index is 12.6. The highest BCUT2D eigenvalue weighted by Gasteiger charge is 2.20. The molecule has 30 heavy (non-hydrogen) atoms. The number of carbonyl (C=O) groups excluding carboxylic acids is 1. The van der Waals surface area contributed by atoms with Crippen LogP contribution in [0, 0.1) is 6.92 Å². The first-order valence-corrected chi connectivity index (χ1v) is 10.9. The number of rotatable bonds is 6. The van der Waals surface area contributed by atoms with Crippen LogP contribution in [0.2, 0.25) is 0 Å². The van der Waals surface area contributed by atoms with Crippen molar-refractivity contribution in [3.05, 3.63) is 48.0 Å². The zero-order valence-electron chi connectivity index (χ0n) is 18.1. The highest BCUT2D eigenvalue weighted by molar-refractivity contribution is 5.93. The van der Waals surface area contributed by atoms with Gasteiger partial charge in [0.2, 0.25) is 5.91 Å². The number of nitrogens with one attached hydrogen (secondary N) is 1. The summed E-state index contributed by atoms with van der Waals surface area (Å²) in [5.41, 5.74) is 4.47. The van der Waals surface area contributed by atoms with Crippen molar-refractivity contribution in [2.75, 3.05) is 68.0 Å². The molecule has 0 spiro atoms. The Bertz CT molecular complexity index is 871. The Morgan fingerprint density at radius 3 is 2.33 bits per heavy atom. The molecule has 2 saturated heterocycles. The Kier molecular flexibility index (Phi) is 6.43. The maximum absolute atomic E-state index is 12.6. The van der Waals surface area contributed by atoms with Crippen molar-refractivity contribution in [2.24, 2.45) is 0 Å². The molecule has 0 atom stereocenters. The summed E-state index contributed by atoms with van der Waals surface area (Å²) in [5, 5.41) is 3.10. The van der Waals surface area contributed by atoms with Crippen molar-refractivity contribution < 1.29 is 9.53 Å². The summed E-state index contributed by atoms with van der Waals surface area (Å²) >= 11 is 0. The molecule has 6 heteroatoms. The highest BCUT2D eigenvalue weighted by Crippen LogP contribution is 2.26. The third-order valence-corrected chi connectivity index (χ3v) is 6.11. The van der Waals surface area contributed by atoms with Crippen LogP contribution in [0.15, 0.2) is 42.5 Å². The van der Waals surface area contributed by atoms with E-state index < -0.39 is 0 Å². The van der Waals surface area contributed by atoms with Crippen LogP contribution in [0.5, 0.6) is 5.75 Å². The molecule has 4 rings (SSSR count). The summed E-state index contributed by atoms with van der Waals surface area (Å²) in [4.78, 5) is 19.6. The third kappa shape index (κ3) is 4.87. The van der Waals surface area contributed by atoms with Crippen molar-refractivity contribution in [1.82, 2.24) is 4.90 Å². The van der Waals surface area contributed by atoms with Crippen molar-refractivity contribution in [3.63, 3.8) is 0 Å². The van der Waals surface area contributed by atoms with E-state index in [1.807, 2.05) is 18.2 Å². The van der Waals surface area contributed by atoms with Gasteiger partial charge in [-0.1, -0.05) is 6.07 Å². The van der Waals surface area contributed by atoms with Gasteiger partial charge in [-0.15, -0.1) is 0 Å². The minimum absolute atomic E-state index is 0.0573. The van der Waals surface area contributed by atoms with E-state index in [1.165, 1.54) is 24.2 Å². The van der Waals surface area contributed by atoms with Crippen molar-refractivity contribution in [3.8, 4) is 5.75 Å². The molecule has 0 bridgehead atoms. The molecule has 2 aliphatic rings. The number of benzene rings is 2. The fourth-order valence-electron chi connectivity index (χ4n) is 4.32. The number of carbonyl (C=O) groups is 1. The van der Waals surface area contributed by atoms with E-state index in [4.69, 9.17) is 4.74 Å². The first-order valence-electron chi connectivity index (χ1n) is 10.9. The second-order valence-electron chi connectivity index (χ2n) is 8.21. The van der Waals surface area contributed by atoms with Gasteiger partial charge < -0.3 is 19.9 Å². The number of amides is 1. The minimum atomic E-state index is 0.0573. The summed E-state index contributed by atoms with van der Waals surface area (Å²) in [6.07, 6.45) is 2.53. The van der Waals surface area contributed by atoms with E-state index >= 15 is 0 Å². The monoisotopic (exact) mass is 408 g/mol. The largest absolute Gasteiger partial charge is 0.497 e. The Balaban J connectivity index is 1.28. The van der Waals surface area contributed by atoms with Gasteiger partial charge in [-0.3, -0.25) is 9.69 Å². The van der Waals surface area contributed by atoms with Gasteiger partial charge in [0.25, 0.3) is 0 Å². The SMILES string of the molecule is COc1cccc(N2CCN(CC(=O)Nc3ccc(N4CCCC4)cc3C)CC2)c1. The lowest BCUT2D eigenvalue weighted by Crippen LogP contribution is -2.48. The van der Waals surface area contributed by atoms with Gasteiger partial charge >= 0.3 is 0 Å². The highest BCUT2D eigenvalue weighted by atomic mass is 16.5. The Morgan fingerprint density at radius 1 is 0.933 bits per heavy atom. The first-order chi connectivity index (χ1) is 14.6. The number of piperazine rings is 1. The predicted molar refractivity (Wildman–Crippen MR) is 123 cm³/mol. The van der Waals surface area contributed by atoms with Gasteiger partial charge in [0.1, 0.15) is 5.75 Å². The average molecular weight is 409 g/mol. The molecule has 0 unspecified atom stereocenters. The van der Waals surface area contributed by atoms with E-state index in [9.17, 15) is 4.79 Å². The smallest absolute Gasteiger partial charge is 0.238 e. The number of anilines is 3. The summed E-state index contributed by atoms with van der Waals surface area (Å²) in [6, 6.07) is 14.5. The van der Waals surface area contributed by atoms with Crippen LogP contribution in [0.3, 0.4) is 0 Å². The van der Waals surface area contributed by atoms with E-state index in [1.54, 1.807) is 7.11 Å². The number of methoxy groups -OCH3 is 1.